The third-order valence-electron chi connectivity index (χ3n) is 5.91. The van der Waals surface area contributed by atoms with Crippen LogP contribution in [0.1, 0.15) is 58.4 Å². The standard InChI is InChI=1S/C24H36N2O4/c1-24(2,3)30-23(28)25-21-11-9-18(10-12-21)15-26-14-13-20(16-26)22(27)29-17-19-7-5-4-6-8-19/h4-8,18,20-21H,9-17H2,1-3H3,(H,25,28)/t18?,20-,21?/m1/s1. The molecule has 0 spiro atoms. The molecule has 1 aromatic rings. The van der Waals surface area contributed by atoms with Crippen LogP contribution in [0.2, 0.25) is 0 Å². The second-order valence-corrected chi connectivity index (χ2v) is 9.70. The fraction of sp³-hybridized carbons (Fsp3) is 0.667. The monoisotopic (exact) mass is 416 g/mol. The van der Waals surface area contributed by atoms with E-state index in [-0.39, 0.29) is 24.0 Å². The summed E-state index contributed by atoms with van der Waals surface area (Å²) in [5, 5.41) is 3.00. The number of carbonyl (C=O) groups is 2. The van der Waals surface area contributed by atoms with E-state index in [4.69, 9.17) is 9.47 Å². The maximum absolute atomic E-state index is 12.4. The molecule has 1 saturated carbocycles. The van der Waals surface area contributed by atoms with Crippen molar-refractivity contribution in [2.75, 3.05) is 19.6 Å². The van der Waals surface area contributed by atoms with Crippen molar-refractivity contribution in [2.24, 2.45) is 11.8 Å². The van der Waals surface area contributed by atoms with E-state index in [0.717, 1.165) is 57.3 Å². The molecule has 30 heavy (non-hydrogen) atoms. The van der Waals surface area contributed by atoms with E-state index in [1.54, 1.807) is 0 Å². The Bertz CT molecular complexity index is 693. The Morgan fingerprint density at radius 3 is 2.43 bits per heavy atom. The molecule has 1 heterocycles. The van der Waals surface area contributed by atoms with Crippen LogP contribution in [0.25, 0.3) is 0 Å². The first-order valence-corrected chi connectivity index (χ1v) is 11.2. The van der Waals surface area contributed by atoms with Crippen LogP contribution in [0.5, 0.6) is 0 Å². The molecular weight excluding hydrogens is 380 g/mol. The lowest BCUT2D eigenvalue weighted by Gasteiger charge is -2.32. The maximum atomic E-state index is 12.4. The Morgan fingerprint density at radius 2 is 1.77 bits per heavy atom. The van der Waals surface area contributed by atoms with Crippen LogP contribution in [0.15, 0.2) is 30.3 Å². The highest BCUT2D eigenvalue weighted by Gasteiger charge is 2.32. The van der Waals surface area contributed by atoms with Crippen molar-refractivity contribution in [2.45, 2.75) is 71.1 Å². The van der Waals surface area contributed by atoms with Crippen LogP contribution in [0.4, 0.5) is 4.79 Å². The number of hydrogen-bond acceptors (Lipinski definition) is 5. The zero-order chi connectivity index (χ0) is 21.6. The van der Waals surface area contributed by atoms with E-state index in [1.807, 2.05) is 51.1 Å². The number of carbonyl (C=O) groups excluding carboxylic acids is 2. The number of likely N-dealkylation sites (tertiary alicyclic amines) is 1. The molecule has 0 bridgehead atoms. The highest BCUT2D eigenvalue weighted by Crippen LogP contribution is 2.28. The van der Waals surface area contributed by atoms with Gasteiger partial charge in [-0.3, -0.25) is 4.79 Å². The van der Waals surface area contributed by atoms with Crippen molar-refractivity contribution < 1.29 is 19.1 Å². The molecule has 2 aliphatic rings. The van der Waals surface area contributed by atoms with Crippen molar-refractivity contribution in [3.05, 3.63) is 35.9 Å². The number of nitrogens with zero attached hydrogens (tertiary/aromatic N) is 1. The molecule has 0 radical (unpaired) electrons. The van der Waals surface area contributed by atoms with Crippen LogP contribution < -0.4 is 5.32 Å². The topological polar surface area (TPSA) is 67.9 Å². The molecule has 0 unspecified atom stereocenters. The predicted octanol–water partition coefficient (Wildman–Crippen LogP) is 4.14. The lowest BCUT2D eigenvalue weighted by molar-refractivity contribution is -0.149. The number of amides is 1. The summed E-state index contributed by atoms with van der Waals surface area (Å²) in [6.45, 7) is 8.77. The summed E-state index contributed by atoms with van der Waals surface area (Å²) in [5.41, 5.74) is 0.563. The Balaban J connectivity index is 1.33. The summed E-state index contributed by atoms with van der Waals surface area (Å²) in [7, 11) is 0. The highest BCUT2D eigenvalue weighted by atomic mass is 16.6. The van der Waals surface area contributed by atoms with Gasteiger partial charge in [-0.15, -0.1) is 0 Å². The molecule has 0 aromatic heterocycles. The minimum atomic E-state index is -0.462. The van der Waals surface area contributed by atoms with Crippen molar-refractivity contribution in [1.82, 2.24) is 10.2 Å². The van der Waals surface area contributed by atoms with Gasteiger partial charge in [0, 0.05) is 19.1 Å². The lowest BCUT2D eigenvalue weighted by atomic mass is 9.86. The zero-order valence-electron chi connectivity index (χ0n) is 18.6. The predicted molar refractivity (Wildman–Crippen MR) is 116 cm³/mol. The second kappa shape index (κ2) is 10.3. The van der Waals surface area contributed by atoms with Crippen LogP contribution in [-0.4, -0.2) is 48.2 Å². The van der Waals surface area contributed by atoms with Gasteiger partial charge >= 0.3 is 12.1 Å². The number of nitrogens with one attached hydrogen (secondary N) is 1. The minimum absolute atomic E-state index is 0.0149. The van der Waals surface area contributed by atoms with Gasteiger partial charge in [0.25, 0.3) is 0 Å². The molecule has 1 atom stereocenters. The van der Waals surface area contributed by atoms with Gasteiger partial charge in [-0.2, -0.15) is 0 Å². The summed E-state index contributed by atoms with van der Waals surface area (Å²) in [5.74, 6) is 0.534. The fourth-order valence-corrected chi connectivity index (χ4v) is 4.37. The molecule has 1 aromatic carbocycles. The van der Waals surface area contributed by atoms with E-state index < -0.39 is 5.60 Å². The van der Waals surface area contributed by atoms with Crippen LogP contribution in [0.3, 0.4) is 0 Å². The lowest BCUT2D eigenvalue weighted by Crippen LogP contribution is -2.42. The molecule has 2 fully saturated rings. The summed E-state index contributed by atoms with van der Waals surface area (Å²) in [4.78, 5) is 26.7. The number of alkyl carbamates (subject to hydrolysis) is 1. The summed E-state index contributed by atoms with van der Waals surface area (Å²) in [6, 6.07) is 10.0. The Hall–Kier alpha value is -2.08. The van der Waals surface area contributed by atoms with Crippen molar-refractivity contribution in [3.63, 3.8) is 0 Å². The molecule has 1 amide bonds. The minimum Gasteiger partial charge on any atom is -0.461 e. The molecule has 1 N–H and O–H groups in total. The average molecular weight is 417 g/mol. The van der Waals surface area contributed by atoms with E-state index in [0.29, 0.717) is 12.5 Å². The van der Waals surface area contributed by atoms with Gasteiger partial charge in [0.1, 0.15) is 12.2 Å². The van der Waals surface area contributed by atoms with E-state index in [1.165, 1.54) is 0 Å². The van der Waals surface area contributed by atoms with Gasteiger partial charge < -0.3 is 19.7 Å². The molecule has 3 rings (SSSR count). The third-order valence-corrected chi connectivity index (χ3v) is 5.91. The van der Waals surface area contributed by atoms with E-state index in [9.17, 15) is 9.59 Å². The molecule has 1 aliphatic heterocycles. The van der Waals surface area contributed by atoms with Gasteiger partial charge in [0.05, 0.1) is 5.92 Å². The first kappa shape index (κ1) is 22.6. The number of hydrogen-bond donors (Lipinski definition) is 1. The number of benzene rings is 1. The van der Waals surface area contributed by atoms with Crippen molar-refractivity contribution in [3.8, 4) is 0 Å². The van der Waals surface area contributed by atoms with E-state index >= 15 is 0 Å². The SMILES string of the molecule is CC(C)(C)OC(=O)NC1CCC(CN2CC[C@@H](C(=O)OCc3ccccc3)C2)CC1. The van der Waals surface area contributed by atoms with Gasteiger partial charge in [0.15, 0.2) is 0 Å². The molecular formula is C24H36N2O4. The van der Waals surface area contributed by atoms with Crippen molar-refractivity contribution >= 4 is 12.1 Å². The maximum Gasteiger partial charge on any atom is 0.407 e. The molecule has 6 heteroatoms. The summed E-state index contributed by atoms with van der Waals surface area (Å²) >= 11 is 0. The van der Waals surface area contributed by atoms with Gasteiger partial charge in [-0.25, -0.2) is 4.79 Å². The highest BCUT2D eigenvalue weighted by molar-refractivity contribution is 5.73. The average Bonchev–Trinajstić information content (AvgIpc) is 3.15. The molecule has 6 nitrogen and oxygen atoms in total. The summed E-state index contributed by atoms with van der Waals surface area (Å²) < 4.78 is 10.9. The van der Waals surface area contributed by atoms with Gasteiger partial charge in [-0.05, 0) is 70.9 Å². The first-order valence-electron chi connectivity index (χ1n) is 11.2. The van der Waals surface area contributed by atoms with Crippen LogP contribution in [0, 0.1) is 11.8 Å². The Morgan fingerprint density at radius 1 is 1.07 bits per heavy atom. The van der Waals surface area contributed by atoms with Gasteiger partial charge in [-0.1, -0.05) is 30.3 Å². The molecule has 1 aliphatic carbocycles. The van der Waals surface area contributed by atoms with Crippen molar-refractivity contribution in [1.29, 1.82) is 0 Å². The number of ether oxygens (including phenoxy) is 2. The largest absolute Gasteiger partial charge is 0.461 e. The summed E-state index contributed by atoms with van der Waals surface area (Å²) in [6.07, 6.45) is 4.73. The molecule has 1 saturated heterocycles. The van der Waals surface area contributed by atoms with Crippen LogP contribution >= 0.6 is 0 Å². The van der Waals surface area contributed by atoms with Gasteiger partial charge in [0.2, 0.25) is 0 Å². The Labute approximate surface area is 180 Å². The smallest absolute Gasteiger partial charge is 0.407 e. The number of esters is 1. The second-order valence-electron chi connectivity index (χ2n) is 9.70. The third kappa shape index (κ3) is 7.31. The van der Waals surface area contributed by atoms with Crippen LogP contribution in [-0.2, 0) is 20.9 Å². The quantitative estimate of drug-likeness (QED) is 0.706. The van der Waals surface area contributed by atoms with E-state index in [2.05, 4.69) is 10.2 Å². The Kier molecular flexibility index (Phi) is 7.75. The first-order chi connectivity index (χ1) is 14.3. The zero-order valence-corrected chi connectivity index (χ0v) is 18.6. The molecule has 166 valence electrons. The number of rotatable bonds is 6. The fourth-order valence-electron chi connectivity index (χ4n) is 4.37. The normalized spacial score (nSPS) is 25.0.